The molecule has 0 atom stereocenters. The summed E-state index contributed by atoms with van der Waals surface area (Å²) in [4.78, 5) is 11.1. The number of carbonyl (C=O) groups excluding carboxylic acids is 1. The van der Waals surface area contributed by atoms with Crippen LogP contribution in [0.5, 0.6) is 0 Å². The third-order valence-electron chi connectivity index (χ3n) is 2.28. The van der Waals surface area contributed by atoms with Crippen molar-refractivity contribution in [2.75, 3.05) is 13.2 Å². The number of nitrogens with one attached hydrogen (secondary N) is 1. The third-order valence-corrected chi connectivity index (χ3v) is 2.28. The normalized spacial score (nSPS) is 11.1. The Balaban J connectivity index is 2.29. The van der Waals surface area contributed by atoms with Gasteiger partial charge < -0.3 is 10.1 Å². The largest absolute Gasteiger partial charge is 0.463 e. The van der Waals surface area contributed by atoms with Crippen molar-refractivity contribution in [3.8, 4) is 0 Å². The number of hydrogen-bond acceptors (Lipinski definition) is 3. The predicted octanol–water partition coefficient (Wildman–Crippen LogP) is 2.29. The molecule has 0 aromatic heterocycles. The molecule has 3 nitrogen and oxygen atoms in total. The molecule has 0 aliphatic rings. The van der Waals surface area contributed by atoms with Crippen molar-refractivity contribution >= 4 is 5.97 Å². The Morgan fingerprint density at radius 2 is 2.06 bits per heavy atom. The molecule has 3 heteroatoms. The molecule has 1 rings (SSSR count). The smallest absolute Gasteiger partial charge is 0.332 e. The molecule has 0 fully saturated rings. The van der Waals surface area contributed by atoms with Gasteiger partial charge in [0, 0.05) is 18.3 Å². The van der Waals surface area contributed by atoms with E-state index in [0.29, 0.717) is 6.61 Å². The zero-order valence-corrected chi connectivity index (χ0v) is 10.4. The van der Waals surface area contributed by atoms with Gasteiger partial charge in [-0.25, -0.2) is 4.79 Å². The Labute approximate surface area is 102 Å². The van der Waals surface area contributed by atoms with Crippen molar-refractivity contribution in [2.45, 2.75) is 20.3 Å². The standard InChI is InChI=1S/C14H19NO2/c1-3-17-14(16)11-12(2)15-10-9-13-7-5-4-6-8-13/h4-8,11,15H,3,9-10H2,1-2H3. The van der Waals surface area contributed by atoms with Gasteiger partial charge >= 0.3 is 5.97 Å². The molecule has 1 aromatic carbocycles. The molecule has 0 unspecified atom stereocenters. The van der Waals surface area contributed by atoms with Gasteiger partial charge in [-0.1, -0.05) is 30.3 Å². The van der Waals surface area contributed by atoms with Gasteiger partial charge in [0.05, 0.1) is 6.61 Å². The molecule has 0 spiro atoms. The molecule has 0 amide bonds. The zero-order chi connectivity index (χ0) is 12.5. The molecular formula is C14H19NO2. The van der Waals surface area contributed by atoms with Gasteiger partial charge in [-0.2, -0.15) is 0 Å². The summed E-state index contributed by atoms with van der Waals surface area (Å²) >= 11 is 0. The first-order valence-electron chi connectivity index (χ1n) is 5.85. The van der Waals surface area contributed by atoms with Crippen LogP contribution in [0.1, 0.15) is 19.4 Å². The second-order valence-electron chi connectivity index (χ2n) is 3.74. The Morgan fingerprint density at radius 3 is 2.71 bits per heavy atom. The highest BCUT2D eigenvalue weighted by Crippen LogP contribution is 1.99. The van der Waals surface area contributed by atoms with Crippen LogP contribution in [0.15, 0.2) is 42.1 Å². The van der Waals surface area contributed by atoms with E-state index in [2.05, 4.69) is 17.4 Å². The maximum Gasteiger partial charge on any atom is 0.332 e. The van der Waals surface area contributed by atoms with E-state index in [9.17, 15) is 4.79 Å². The lowest BCUT2D eigenvalue weighted by atomic mass is 10.1. The summed E-state index contributed by atoms with van der Waals surface area (Å²) in [5.74, 6) is -0.294. The number of carbonyl (C=O) groups is 1. The quantitative estimate of drug-likeness (QED) is 0.605. The number of allylic oxidation sites excluding steroid dienone is 1. The summed E-state index contributed by atoms with van der Waals surface area (Å²) in [5.41, 5.74) is 2.11. The molecule has 0 bridgehead atoms. The molecule has 0 saturated heterocycles. The molecule has 1 aromatic rings. The third kappa shape index (κ3) is 5.76. The Bertz CT molecular complexity index is 371. The molecule has 0 heterocycles. The molecular weight excluding hydrogens is 214 g/mol. The van der Waals surface area contributed by atoms with Gasteiger partial charge in [0.15, 0.2) is 0 Å². The van der Waals surface area contributed by atoms with Crippen molar-refractivity contribution in [3.63, 3.8) is 0 Å². The zero-order valence-electron chi connectivity index (χ0n) is 10.4. The monoisotopic (exact) mass is 233 g/mol. The van der Waals surface area contributed by atoms with Crippen molar-refractivity contribution in [3.05, 3.63) is 47.7 Å². The van der Waals surface area contributed by atoms with Gasteiger partial charge in [-0.05, 0) is 25.8 Å². The lowest BCUT2D eigenvalue weighted by Crippen LogP contribution is -2.16. The average molecular weight is 233 g/mol. The Hall–Kier alpha value is -1.77. The summed E-state index contributed by atoms with van der Waals surface area (Å²) in [5, 5.41) is 3.18. The van der Waals surface area contributed by atoms with Gasteiger partial charge in [0.25, 0.3) is 0 Å². The van der Waals surface area contributed by atoms with Crippen LogP contribution < -0.4 is 5.32 Å². The molecule has 17 heavy (non-hydrogen) atoms. The van der Waals surface area contributed by atoms with Crippen LogP contribution in [-0.2, 0) is 16.0 Å². The summed E-state index contributed by atoms with van der Waals surface area (Å²) in [6.07, 6.45) is 2.42. The molecule has 0 aliphatic heterocycles. The fourth-order valence-electron chi connectivity index (χ4n) is 1.46. The van der Waals surface area contributed by atoms with E-state index in [1.54, 1.807) is 6.92 Å². The lowest BCUT2D eigenvalue weighted by molar-refractivity contribution is -0.137. The topological polar surface area (TPSA) is 38.3 Å². The Morgan fingerprint density at radius 1 is 1.35 bits per heavy atom. The number of ether oxygens (including phenoxy) is 1. The van der Waals surface area contributed by atoms with Gasteiger partial charge in [-0.15, -0.1) is 0 Å². The molecule has 1 N–H and O–H groups in total. The maximum atomic E-state index is 11.1. The highest BCUT2D eigenvalue weighted by atomic mass is 16.5. The van der Waals surface area contributed by atoms with Crippen LogP contribution >= 0.6 is 0 Å². The summed E-state index contributed by atoms with van der Waals surface area (Å²) in [6, 6.07) is 10.2. The van der Waals surface area contributed by atoms with Crippen molar-refractivity contribution in [1.29, 1.82) is 0 Å². The van der Waals surface area contributed by atoms with Crippen LogP contribution in [-0.4, -0.2) is 19.1 Å². The van der Waals surface area contributed by atoms with E-state index in [1.165, 1.54) is 11.6 Å². The van der Waals surface area contributed by atoms with Crippen LogP contribution in [0.25, 0.3) is 0 Å². The molecule has 0 radical (unpaired) electrons. The molecule has 0 saturated carbocycles. The van der Waals surface area contributed by atoms with Crippen molar-refractivity contribution < 1.29 is 9.53 Å². The van der Waals surface area contributed by atoms with Crippen molar-refractivity contribution in [2.24, 2.45) is 0 Å². The van der Waals surface area contributed by atoms with Gasteiger partial charge in [0.2, 0.25) is 0 Å². The van der Waals surface area contributed by atoms with Gasteiger partial charge in [-0.3, -0.25) is 0 Å². The first kappa shape index (κ1) is 13.3. The van der Waals surface area contributed by atoms with Crippen molar-refractivity contribution in [1.82, 2.24) is 5.32 Å². The van der Waals surface area contributed by atoms with Gasteiger partial charge in [0.1, 0.15) is 0 Å². The highest BCUT2D eigenvalue weighted by Gasteiger charge is 1.97. The van der Waals surface area contributed by atoms with E-state index in [-0.39, 0.29) is 5.97 Å². The van der Waals surface area contributed by atoms with E-state index in [1.807, 2.05) is 25.1 Å². The number of hydrogen-bond donors (Lipinski definition) is 1. The fraction of sp³-hybridized carbons (Fsp3) is 0.357. The molecule has 92 valence electrons. The highest BCUT2D eigenvalue weighted by molar-refractivity contribution is 5.82. The summed E-state index contributed by atoms with van der Waals surface area (Å²) < 4.78 is 4.82. The fourth-order valence-corrected chi connectivity index (χ4v) is 1.46. The number of rotatable bonds is 6. The van der Waals surface area contributed by atoms with Crippen LogP contribution in [0, 0.1) is 0 Å². The lowest BCUT2D eigenvalue weighted by Gasteiger charge is -2.06. The van der Waals surface area contributed by atoms with E-state index in [4.69, 9.17) is 4.74 Å². The van der Waals surface area contributed by atoms with E-state index < -0.39 is 0 Å². The minimum Gasteiger partial charge on any atom is -0.463 e. The van der Waals surface area contributed by atoms with E-state index in [0.717, 1.165) is 18.7 Å². The van der Waals surface area contributed by atoms with Crippen LogP contribution in [0.3, 0.4) is 0 Å². The van der Waals surface area contributed by atoms with E-state index >= 15 is 0 Å². The minimum atomic E-state index is -0.294. The Kier molecular flexibility index (Phi) is 5.86. The predicted molar refractivity (Wildman–Crippen MR) is 68.5 cm³/mol. The summed E-state index contributed by atoms with van der Waals surface area (Å²) in [6.45, 7) is 4.88. The first-order valence-corrected chi connectivity index (χ1v) is 5.85. The first-order chi connectivity index (χ1) is 8.22. The summed E-state index contributed by atoms with van der Waals surface area (Å²) in [7, 11) is 0. The van der Waals surface area contributed by atoms with Crippen LogP contribution in [0.4, 0.5) is 0 Å². The average Bonchev–Trinajstić information content (AvgIpc) is 2.30. The minimum absolute atomic E-state index is 0.294. The number of esters is 1. The molecule has 0 aliphatic carbocycles. The number of benzene rings is 1. The SMILES string of the molecule is CCOC(=O)C=C(C)NCCc1ccccc1. The maximum absolute atomic E-state index is 11.1. The van der Waals surface area contributed by atoms with Crippen LogP contribution in [0.2, 0.25) is 0 Å². The second kappa shape index (κ2) is 7.49. The second-order valence-corrected chi connectivity index (χ2v) is 3.74.